The molecule has 2 heterocycles. The van der Waals surface area contributed by atoms with E-state index in [0.29, 0.717) is 16.9 Å². The summed E-state index contributed by atoms with van der Waals surface area (Å²) in [4.78, 5) is 20.8. The number of hydrogen-bond donors (Lipinski definition) is 0. The highest BCUT2D eigenvalue weighted by molar-refractivity contribution is 6.07. The van der Waals surface area contributed by atoms with Crippen molar-refractivity contribution >= 4 is 16.8 Å². The summed E-state index contributed by atoms with van der Waals surface area (Å²) in [6.45, 7) is 0. The molecule has 0 saturated heterocycles. The molecule has 3 aromatic rings. The van der Waals surface area contributed by atoms with Crippen molar-refractivity contribution in [3.8, 4) is 0 Å². The molecule has 0 atom stereocenters. The van der Waals surface area contributed by atoms with E-state index in [0.717, 1.165) is 5.52 Å². The topological polar surface area (TPSA) is 60.7 Å². The minimum absolute atomic E-state index is 0.173. The fourth-order valence-corrected chi connectivity index (χ4v) is 1.79. The zero-order chi connectivity index (χ0) is 12.5. The van der Waals surface area contributed by atoms with Gasteiger partial charge in [0.1, 0.15) is 11.4 Å². The van der Waals surface area contributed by atoms with Crippen LogP contribution in [0.4, 0.5) is 0 Å². The molecule has 3 rings (SSSR count). The number of benzene rings is 1. The first-order valence-corrected chi connectivity index (χ1v) is 5.50. The number of rotatable bonds is 2. The van der Waals surface area contributed by atoms with E-state index in [1.807, 2.05) is 24.3 Å². The predicted molar refractivity (Wildman–Crippen MR) is 66.2 cm³/mol. The van der Waals surface area contributed by atoms with Gasteiger partial charge in [0.15, 0.2) is 0 Å². The first kappa shape index (κ1) is 10.6. The van der Waals surface area contributed by atoms with Crippen molar-refractivity contribution in [3.63, 3.8) is 0 Å². The van der Waals surface area contributed by atoms with E-state index in [9.17, 15) is 4.79 Å². The van der Waals surface area contributed by atoms with Crippen LogP contribution in [0.3, 0.4) is 0 Å². The molecule has 0 fully saturated rings. The third kappa shape index (κ3) is 1.66. The molecule has 18 heavy (non-hydrogen) atoms. The largest absolute Gasteiger partial charge is 0.285 e. The maximum absolute atomic E-state index is 12.2. The Bertz CT molecular complexity index is 732. The average molecular weight is 238 g/mol. The Morgan fingerprint density at radius 2 is 1.94 bits per heavy atom. The highest BCUT2D eigenvalue weighted by Crippen LogP contribution is 2.11. The van der Waals surface area contributed by atoms with E-state index in [1.165, 1.54) is 10.9 Å². The van der Waals surface area contributed by atoms with Crippen LogP contribution in [0.15, 0.2) is 42.7 Å². The molecule has 0 amide bonds. The van der Waals surface area contributed by atoms with Crippen molar-refractivity contribution < 1.29 is 4.79 Å². The molecular weight excluding hydrogens is 228 g/mol. The lowest BCUT2D eigenvalue weighted by atomic mass is 10.2. The quantitative estimate of drug-likeness (QED) is 0.636. The SMILES string of the molecule is Cn1nccc1C(=O)c1cnc2ccccc2n1. The van der Waals surface area contributed by atoms with Crippen LogP contribution >= 0.6 is 0 Å². The van der Waals surface area contributed by atoms with E-state index in [1.54, 1.807) is 19.3 Å². The lowest BCUT2D eigenvalue weighted by Gasteiger charge is -2.02. The Labute approximate surface area is 103 Å². The molecule has 0 bridgehead atoms. The molecule has 0 unspecified atom stereocenters. The Morgan fingerprint density at radius 3 is 2.67 bits per heavy atom. The number of carbonyl (C=O) groups excluding carboxylic acids is 1. The van der Waals surface area contributed by atoms with Crippen molar-refractivity contribution in [3.05, 3.63) is 54.1 Å². The third-order valence-corrected chi connectivity index (χ3v) is 2.73. The molecule has 0 saturated carbocycles. The number of para-hydroxylation sites is 2. The summed E-state index contributed by atoms with van der Waals surface area (Å²) in [5, 5.41) is 3.97. The minimum Gasteiger partial charge on any atom is -0.285 e. The van der Waals surface area contributed by atoms with Gasteiger partial charge in [0, 0.05) is 13.2 Å². The van der Waals surface area contributed by atoms with Gasteiger partial charge >= 0.3 is 0 Å². The second kappa shape index (κ2) is 4.03. The molecule has 0 N–H and O–H groups in total. The lowest BCUT2D eigenvalue weighted by molar-refractivity contribution is 0.102. The van der Waals surface area contributed by atoms with E-state index in [-0.39, 0.29) is 5.78 Å². The van der Waals surface area contributed by atoms with E-state index < -0.39 is 0 Å². The van der Waals surface area contributed by atoms with Gasteiger partial charge in [-0.25, -0.2) is 4.98 Å². The van der Waals surface area contributed by atoms with Crippen molar-refractivity contribution in [2.45, 2.75) is 0 Å². The van der Waals surface area contributed by atoms with Crippen molar-refractivity contribution in [2.24, 2.45) is 7.05 Å². The predicted octanol–water partition coefficient (Wildman–Crippen LogP) is 1.59. The Balaban J connectivity index is 2.10. The molecule has 1 aromatic carbocycles. The van der Waals surface area contributed by atoms with E-state index in [4.69, 9.17) is 0 Å². The second-order valence-electron chi connectivity index (χ2n) is 3.91. The maximum atomic E-state index is 12.2. The summed E-state index contributed by atoms with van der Waals surface area (Å²) >= 11 is 0. The van der Waals surface area contributed by atoms with Gasteiger partial charge in [0.2, 0.25) is 5.78 Å². The molecular formula is C13H10N4O. The van der Waals surface area contributed by atoms with Crippen molar-refractivity contribution in [2.75, 3.05) is 0 Å². The van der Waals surface area contributed by atoms with Crippen LogP contribution in [-0.2, 0) is 7.05 Å². The molecule has 88 valence electrons. The summed E-state index contributed by atoms with van der Waals surface area (Å²) in [7, 11) is 1.72. The maximum Gasteiger partial charge on any atom is 0.230 e. The van der Waals surface area contributed by atoms with E-state index in [2.05, 4.69) is 15.1 Å². The van der Waals surface area contributed by atoms with Crippen LogP contribution in [0.5, 0.6) is 0 Å². The smallest absolute Gasteiger partial charge is 0.230 e. The van der Waals surface area contributed by atoms with Gasteiger partial charge in [-0.2, -0.15) is 5.10 Å². The first-order valence-electron chi connectivity index (χ1n) is 5.50. The fourth-order valence-electron chi connectivity index (χ4n) is 1.79. The van der Waals surface area contributed by atoms with Crippen LogP contribution in [-0.4, -0.2) is 25.5 Å². The number of aromatic nitrogens is 4. The number of hydrogen-bond acceptors (Lipinski definition) is 4. The molecule has 0 aliphatic carbocycles. The van der Waals surface area contributed by atoms with Gasteiger partial charge in [-0.1, -0.05) is 12.1 Å². The lowest BCUT2D eigenvalue weighted by Crippen LogP contribution is -2.10. The van der Waals surface area contributed by atoms with E-state index >= 15 is 0 Å². The van der Waals surface area contributed by atoms with Gasteiger partial charge in [-0.15, -0.1) is 0 Å². The van der Waals surface area contributed by atoms with Crippen LogP contribution in [0, 0.1) is 0 Å². The van der Waals surface area contributed by atoms with Gasteiger partial charge in [0.25, 0.3) is 0 Å². The Morgan fingerprint density at radius 1 is 1.17 bits per heavy atom. The monoisotopic (exact) mass is 238 g/mol. The first-order chi connectivity index (χ1) is 8.75. The number of fused-ring (bicyclic) bond motifs is 1. The molecule has 0 aliphatic rings. The van der Waals surface area contributed by atoms with Crippen molar-refractivity contribution in [1.29, 1.82) is 0 Å². The summed E-state index contributed by atoms with van der Waals surface area (Å²) in [6.07, 6.45) is 3.08. The zero-order valence-corrected chi connectivity index (χ0v) is 9.74. The average Bonchev–Trinajstić information content (AvgIpc) is 2.83. The third-order valence-electron chi connectivity index (χ3n) is 2.73. The Kier molecular flexibility index (Phi) is 2.37. The summed E-state index contributed by atoms with van der Waals surface area (Å²) in [5.74, 6) is -0.173. The van der Waals surface area contributed by atoms with Crippen molar-refractivity contribution in [1.82, 2.24) is 19.7 Å². The molecule has 0 radical (unpaired) electrons. The van der Waals surface area contributed by atoms with Gasteiger partial charge in [0.05, 0.1) is 17.2 Å². The highest BCUT2D eigenvalue weighted by Gasteiger charge is 2.14. The number of carbonyl (C=O) groups is 1. The molecule has 0 spiro atoms. The number of nitrogens with zero attached hydrogens (tertiary/aromatic N) is 4. The van der Waals surface area contributed by atoms with Crippen LogP contribution in [0.25, 0.3) is 11.0 Å². The summed E-state index contributed by atoms with van der Waals surface area (Å²) in [6, 6.07) is 9.12. The van der Waals surface area contributed by atoms with Crippen LogP contribution in [0.2, 0.25) is 0 Å². The highest BCUT2D eigenvalue weighted by atomic mass is 16.1. The van der Waals surface area contributed by atoms with Gasteiger partial charge in [-0.05, 0) is 18.2 Å². The number of aryl methyl sites for hydroxylation is 1. The minimum atomic E-state index is -0.173. The normalized spacial score (nSPS) is 10.7. The fraction of sp³-hybridized carbons (Fsp3) is 0.0769. The molecule has 5 nitrogen and oxygen atoms in total. The van der Waals surface area contributed by atoms with Crippen LogP contribution in [0.1, 0.15) is 16.2 Å². The molecule has 0 aliphatic heterocycles. The standard InChI is InChI=1S/C13H10N4O/c1-17-12(6-7-15-17)13(18)11-8-14-9-4-2-3-5-10(9)16-11/h2-8H,1H3. The summed E-state index contributed by atoms with van der Waals surface area (Å²) in [5.41, 5.74) is 2.32. The number of ketones is 1. The second-order valence-corrected chi connectivity index (χ2v) is 3.91. The molecule has 2 aromatic heterocycles. The van der Waals surface area contributed by atoms with Crippen LogP contribution < -0.4 is 0 Å². The van der Waals surface area contributed by atoms with Gasteiger partial charge in [-0.3, -0.25) is 14.5 Å². The van der Waals surface area contributed by atoms with Gasteiger partial charge < -0.3 is 0 Å². The summed E-state index contributed by atoms with van der Waals surface area (Å²) < 4.78 is 1.53. The molecule has 5 heteroatoms. The zero-order valence-electron chi connectivity index (χ0n) is 9.74. The Hall–Kier alpha value is -2.56.